The predicted octanol–water partition coefficient (Wildman–Crippen LogP) is 3.09. The van der Waals surface area contributed by atoms with Crippen LogP contribution in [0.15, 0.2) is 46.2 Å². The molecule has 1 N–H and O–H groups in total. The fraction of sp³-hybridized carbons (Fsp3) is 0.385. The Morgan fingerprint density at radius 2 is 1.97 bits per heavy atom. The molecule has 0 bridgehead atoms. The predicted molar refractivity (Wildman–Crippen MR) is 143 cm³/mol. The van der Waals surface area contributed by atoms with Crippen LogP contribution in [-0.2, 0) is 26.4 Å². The van der Waals surface area contributed by atoms with Crippen molar-refractivity contribution < 1.29 is 28.5 Å². The van der Waals surface area contributed by atoms with Gasteiger partial charge in [-0.25, -0.2) is 23.2 Å². The molecule has 0 aliphatic rings. The van der Waals surface area contributed by atoms with E-state index in [4.69, 9.17) is 14.2 Å². The Hall–Kier alpha value is -3.81. The van der Waals surface area contributed by atoms with Gasteiger partial charge in [-0.05, 0) is 45.0 Å². The van der Waals surface area contributed by atoms with Gasteiger partial charge in [0.25, 0.3) is 5.56 Å². The summed E-state index contributed by atoms with van der Waals surface area (Å²) in [7, 11) is 2.94. The molecular formula is C26H29FN4O7S. The highest BCUT2D eigenvalue weighted by atomic mass is 32.1. The van der Waals surface area contributed by atoms with Gasteiger partial charge in [0.2, 0.25) is 0 Å². The summed E-state index contributed by atoms with van der Waals surface area (Å²) in [6.07, 6.45) is 2.37. The quantitative estimate of drug-likeness (QED) is 0.277. The largest absolute Gasteiger partial charge is 0.496 e. The van der Waals surface area contributed by atoms with Crippen LogP contribution in [0.3, 0.4) is 0 Å². The third-order valence-corrected chi connectivity index (χ3v) is 7.78. The highest BCUT2D eigenvalue weighted by molar-refractivity contribution is 7.21. The van der Waals surface area contributed by atoms with Gasteiger partial charge in [0.15, 0.2) is 0 Å². The van der Waals surface area contributed by atoms with Crippen LogP contribution < -0.4 is 16.0 Å². The molecule has 4 aromatic rings. The molecule has 0 saturated carbocycles. The second kappa shape index (κ2) is 11.1. The average Bonchev–Trinajstić information content (AvgIpc) is 3.53. The number of nitrogens with zero attached hydrogens (tertiary/aromatic N) is 4. The molecule has 0 spiro atoms. The molecule has 39 heavy (non-hydrogen) atoms. The van der Waals surface area contributed by atoms with E-state index in [0.717, 1.165) is 15.9 Å². The Labute approximate surface area is 226 Å². The average molecular weight is 561 g/mol. The summed E-state index contributed by atoms with van der Waals surface area (Å²) in [5.74, 6) is -1.55. The minimum absolute atomic E-state index is 0.112. The van der Waals surface area contributed by atoms with E-state index in [-0.39, 0.29) is 25.1 Å². The summed E-state index contributed by atoms with van der Waals surface area (Å²) in [6, 6.07) is 5.67. The molecule has 0 amide bonds. The number of rotatable bonds is 11. The minimum Gasteiger partial charge on any atom is -0.496 e. The number of hydrogen-bond donors (Lipinski definition) is 1. The zero-order chi connectivity index (χ0) is 28.5. The molecule has 13 heteroatoms. The number of fused-ring (bicyclic) bond motifs is 1. The summed E-state index contributed by atoms with van der Waals surface area (Å²) in [5.41, 5.74) is -2.57. The van der Waals surface area contributed by atoms with Crippen LogP contribution in [0.2, 0.25) is 0 Å². The smallest absolute Gasteiger partial charge is 0.333 e. The molecule has 1 atom stereocenters. The number of aliphatic carboxylic acids is 1. The number of ether oxygens (including phenoxy) is 3. The normalized spacial score (nSPS) is 12.7. The highest BCUT2D eigenvalue weighted by Gasteiger charge is 2.36. The summed E-state index contributed by atoms with van der Waals surface area (Å²) < 4.78 is 34.5. The number of carboxylic acid groups (broad SMARTS) is 1. The van der Waals surface area contributed by atoms with Crippen molar-refractivity contribution in [2.75, 3.05) is 27.4 Å². The molecule has 0 radical (unpaired) electrons. The lowest BCUT2D eigenvalue weighted by atomic mass is 10.1. The number of carbonyl (C=O) groups is 1. The number of thiophene rings is 1. The number of aryl methyl sites for hydroxylation is 1. The maximum absolute atomic E-state index is 14.4. The molecule has 0 unspecified atom stereocenters. The molecule has 4 rings (SSSR count). The molecular weight excluding hydrogens is 531 g/mol. The van der Waals surface area contributed by atoms with E-state index < -0.39 is 34.7 Å². The SMILES string of the molecule is COCCO[C@@H](Cn1c(=O)n(C(C)(C)C(=O)O)c(=O)c2c(C)c(-n3cccn3)sc21)c1cc(F)ccc1OC. The van der Waals surface area contributed by atoms with Crippen molar-refractivity contribution in [3.8, 4) is 10.8 Å². The summed E-state index contributed by atoms with van der Waals surface area (Å²) in [5, 5.41) is 14.9. The van der Waals surface area contributed by atoms with Crippen LogP contribution >= 0.6 is 11.3 Å². The van der Waals surface area contributed by atoms with Gasteiger partial charge in [-0.2, -0.15) is 5.10 Å². The Balaban J connectivity index is 2.03. The second-order valence-corrected chi connectivity index (χ2v) is 10.3. The molecule has 3 aromatic heterocycles. The molecule has 3 heterocycles. The monoisotopic (exact) mass is 560 g/mol. The van der Waals surface area contributed by atoms with Crippen LogP contribution in [-0.4, -0.2) is 57.4 Å². The Morgan fingerprint density at radius 3 is 2.59 bits per heavy atom. The topological polar surface area (TPSA) is 127 Å². The molecule has 11 nitrogen and oxygen atoms in total. The summed E-state index contributed by atoms with van der Waals surface area (Å²) >= 11 is 1.16. The van der Waals surface area contributed by atoms with Crippen LogP contribution in [0, 0.1) is 12.7 Å². The number of aromatic nitrogens is 4. The first-order valence-corrected chi connectivity index (χ1v) is 12.8. The molecule has 1 aromatic carbocycles. The summed E-state index contributed by atoms with van der Waals surface area (Å²) in [4.78, 5) is 40.1. The lowest BCUT2D eigenvalue weighted by Gasteiger charge is -2.25. The van der Waals surface area contributed by atoms with Crippen molar-refractivity contribution in [3.63, 3.8) is 0 Å². The van der Waals surface area contributed by atoms with E-state index >= 15 is 0 Å². The Bertz CT molecular complexity index is 1620. The number of benzene rings is 1. The Morgan fingerprint density at radius 1 is 1.23 bits per heavy atom. The van der Waals surface area contributed by atoms with E-state index in [9.17, 15) is 23.9 Å². The lowest BCUT2D eigenvalue weighted by Crippen LogP contribution is -2.52. The van der Waals surface area contributed by atoms with Crippen molar-refractivity contribution in [2.45, 2.75) is 39.0 Å². The molecule has 208 valence electrons. The number of methoxy groups -OCH3 is 2. The maximum Gasteiger partial charge on any atom is 0.333 e. The van der Waals surface area contributed by atoms with Gasteiger partial charge in [0, 0.05) is 30.6 Å². The Kier molecular flexibility index (Phi) is 8.04. The van der Waals surface area contributed by atoms with E-state index in [1.165, 1.54) is 50.8 Å². The number of carboxylic acids is 1. The highest BCUT2D eigenvalue weighted by Crippen LogP contribution is 2.34. The van der Waals surface area contributed by atoms with E-state index in [2.05, 4.69) is 5.10 Å². The minimum atomic E-state index is -1.87. The van der Waals surface area contributed by atoms with Crippen molar-refractivity contribution in [1.29, 1.82) is 0 Å². The zero-order valence-electron chi connectivity index (χ0n) is 22.1. The van der Waals surface area contributed by atoms with Crippen molar-refractivity contribution in [3.05, 3.63) is 74.4 Å². The van der Waals surface area contributed by atoms with Crippen molar-refractivity contribution in [1.82, 2.24) is 18.9 Å². The van der Waals surface area contributed by atoms with Crippen LogP contribution in [0.1, 0.15) is 31.1 Å². The molecule has 0 fully saturated rings. The fourth-order valence-corrected chi connectivity index (χ4v) is 5.57. The van der Waals surface area contributed by atoms with Gasteiger partial charge in [0.1, 0.15) is 33.0 Å². The van der Waals surface area contributed by atoms with Gasteiger partial charge in [0.05, 0.1) is 32.3 Å². The maximum atomic E-state index is 14.4. The van der Waals surface area contributed by atoms with Crippen LogP contribution in [0.5, 0.6) is 5.75 Å². The van der Waals surface area contributed by atoms with Crippen LogP contribution in [0.25, 0.3) is 15.2 Å². The molecule has 0 aliphatic carbocycles. The summed E-state index contributed by atoms with van der Waals surface area (Å²) in [6.45, 7) is 4.45. The molecule has 0 saturated heterocycles. The second-order valence-electron chi connectivity index (χ2n) is 9.30. The fourth-order valence-electron chi connectivity index (χ4n) is 4.33. The van der Waals surface area contributed by atoms with Gasteiger partial charge in [-0.3, -0.25) is 9.36 Å². The number of hydrogen-bond acceptors (Lipinski definition) is 8. The molecule has 0 aliphatic heterocycles. The first-order valence-electron chi connectivity index (χ1n) is 12.0. The third kappa shape index (κ3) is 5.12. The van der Waals surface area contributed by atoms with E-state index in [0.29, 0.717) is 26.7 Å². The first-order chi connectivity index (χ1) is 18.5. The number of halogens is 1. The van der Waals surface area contributed by atoms with Gasteiger partial charge >= 0.3 is 11.7 Å². The van der Waals surface area contributed by atoms with Gasteiger partial charge < -0.3 is 19.3 Å². The van der Waals surface area contributed by atoms with E-state index in [1.54, 1.807) is 30.1 Å². The first kappa shape index (κ1) is 28.2. The van der Waals surface area contributed by atoms with Crippen molar-refractivity contribution >= 4 is 27.5 Å². The van der Waals surface area contributed by atoms with Gasteiger partial charge in [-0.1, -0.05) is 11.3 Å². The standard InChI is InChI=1S/C26H29FN4O7S/c1-15-20-21(32)31(26(2,3)24(33)34)25(35)29(23(20)39-22(15)30-10-6-9-28-30)14-19(38-12-11-36-4)17-13-16(27)7-8-18(17)37-5/h6-10,13,19H,11-12,14H2,1-5H3,(H,33,34)/t19-/m0/s1. The zero-order valence-corrected chi connectivity index (χ0v) is 23.0. The van der Waals surface area contributed by atoms with Crippen LogP contribution in [0.4, 0.5) is 4.39 Å². The lowest BCUT2D eigenvalue weighted by molar-refractivity contribution is -0.146. The van der Waals surface area contributed by atoms with Crippen molar-refractivity contribution in [2.24, 2.45) is 0 Å². The van der Waals surface area contributed by atoms with Gasteiger partial charge in [-0.15, -0.1) is 0 Å². The third-order valence-electron chi connectivity index (χ3n) is 6.48. The van der Waals surface area contributed by atoms with E-state index in [1.807, 2.05) is 0 Å².